The Morgan fingerprint density at radius 1 is 1.30 bits per heavy atom. The van der Waals surface area contributed by atoms with E-state index in [1.54, 1.807) is 18.3 Å². The molecule has 1 atom stereocenters. The molecule has 3 rings (SSSR count). The Morgan fingerprint density at radius 3 is 2.87 bits per heavy atom. The van der Waals surface area contributed by atoms with Gasteiger partial charge in [0.2, 0.25) is 0 Å². The van der Waals surface area contributed by atoms with Crippen molar-refractivity contribution in [1.29, 1.82) is 0 Å². The molecule has 0 bridgehead atoms. The number of aryl methyl sites for hydroxylation is 1. The predicted molar refractivity (Wildman–Crippen MR) is 94.3 cm³/mol. The number of anilines is 1. The summed E-state index contributed by atoms with van der Waals surface area (Å²) in [6.07, 6.45) is 2.60. The molecule has 1 aliphatic rings. The lowest BCUT2D eigenvalue weighted by molar-refractivity contribution is -0.125. The topological polar surface area (TPSA) is 42.4 Å². The number of fused-ring (bicyclic) bond motifs is 1. The van der Waals surface area contributed by atoms with Crippen LogP contribution in [0.1, 0.15) is 38.6 Å². The van der Waals surface area contributed by atoms with E-state index in [1.807, 2.05) is 23.1 Å². The van der Waals surface area contributed by atoms with Crippen molar-refractivity contribution >= 4 is 22.9 Å². The van der Waals surface area contributed by atoms with E-state index in [-0.39, 0.29) is 5.91 Å². The highest BCUT2D eigenvalue weighted by Crippen LogP contribution is 2.37. The van der Waals surface area contributed by atoms with Gasteiger partial charge in [0.1, 0.15) is 5.75 Å². The maximum Gasteiger partial charge on any atom is 0.267 e. The molecule has 0 N–H and O–H groups in total. The van der Waals surface area contributed by atoms with Crippen molar-refractivity contribution in [1.82, 2.24) is 4.98 Å². The third-order valence-electron chi connectivity index (χ3n) is 3.93. The third-order valence-corrected chi connectivity index (χ3v) is 4.83. The van der Waals surface area contributed by atoms with E-state index in [0.717, 1.165) is 47.0 Å². The van der Waals surface area contributed by atoms with Crippen LogP contribution in [0.4, 0.5) is 5.69 Å². The number of carbonyl (C=O) groups is 1. The van der Waals surface area contributed by atoms with Gasteiger partial charge < -0.3 is 9.64 Å². The van der Waals surface area contributed by atoms with Gasteiger partial charge in [0.15, 0.2) is 6.10 Å². The predicted octanol–water partition coefficient (Wildman–Crippen LogP) is 4.29. The van der Waals surface area contributed by atoms with Crippen LogP contribution < -0.4 is 9.64 Å². The SMILES string of the molecule is CCCc1nc(-c2ccc3c(c2)N(CCC)C(=O)C(C)O3)cs1. The number of aromatic nitrogens is 1. The second-order valence-corrected chi connectivity index (χ2v) is 6.75. The lowest BCUT2D eigenvalue weighted by Gasteiger charge is -2.33. The molecule has 1 aliphatic heterocycles. The number of carbonyl (C=O) groups excluding carboxylic acids is 1. The van der Waals surface area contributed by atoms with E-state index in [4.69, 9.17) is 9.72 Å². The lowest BCUT2D eigenvalue weighted by Crippen LogP contribution is -2.44. The number of thiazole rings is 1. The summed E-state index contributed by atoms with van der Waals surface area (Å²) < 4.78 is 5.75. The maximum atomic E-state index is 12.4. The first-order valence-corrected chi connectivity index (χ1v) is 9.08. The van der Waals surface area contributed by atoms with Gasteiger partial charge in [-0.1, -0.05) is 13.8 Å². The molecule has 122 valence electrons. The van der Waals surface area contributed by atoms with Gasteiger partial charge in [-0.3, -0.25) is 4.79 Å². The van der Waals surface area contributed by atoms with E-state index < -0.39 is 6.10 Å². The summed E-state index contributed by atoms with van der Waals surface area (Å²) in [5, 5.41) is 3.25. The second kappa shape index (κ2) is 6.71. The normalized spacial score (nSPS) is 17.1. The van der Waals surface area contributed by atoms with Gasteiger partial charge >= 0.3 is 0 Å². The minimum Gasteiger partial charge on any atom is -0.479 e. The molecule has 0 spiro atoms. The molecule has 0 saturated carbocycles. The third kappa shape index (κ3) is 3.11. The van der Waals surface area contributed by atoms with Crippen LogP contribution in [0.15, 0.2) is 23.6 Å². The lowest BCUT2D eigenvalue weighted by atomic mass is 10.1. The van der Waals surface area contributed by atoms with Crippen molar-refractivity contribution < 1.29 is 9.53 Å². The molecule has 4 nitrogen and oxygen atoms in total. The summed E-state index contributed by atoms with van der Waals surface area (Å²) in [4.78, 5) is 18.9. The Morgan fingerprint density at radius 2 is 2.13 bits per heavy atom. The fourth-order valence-electron chi connectivity index (χ4n) is 2.79. The monoisotopic (exact) mass is 330 g/mol. The van der Waals surface area contributed by atoms with E-state index in [0.29, 0.717) is 6.54 Å². The van der Waals surface area contributed by atoms with Crippen LogP contribution in [-0.2, 0) is 11.2 Å². The molecule has 1 aromatic carbocycles. The number of rotatable bonds is 5. The Balaban J connectivity index is 1.98. The quantitative estimate of drug-likeness (QED) is 0.821. The molecule has 0 saturated heterocycles. The molecule has 23 heavy (non-hydrogen) atoms. The van der Waals surface area contributed by atoms with Gasteiger partial charge in [-0.15, -0.1) is 11.3 Å². The first-order chi connectivity index (χ1) is 11.1. The molecular formula is C18H22N2O2S. The maximum absolute atomic E-state index is 12.4. The highest BCUT2D eigenvalue weighted by atomic mass is 32.1. The molecule has 2 aromatic rings. The van der Waals surface area contributed by atoms with Crippen LogP contribution in [0, 0.1) is 0 Å². The zero-order valence-electron chi connectivity index (χ0n) is 13.8. The first kappa shape index (κ1) is 16.0. The van der Waals surface area contributed by atoms with Gasteiger partial charge in [-0.25, -0.2) is 4.98 Å². The molecule has 0 aliphatic carbocycles. The van der Waals surface area contributed by atoms with E-state index in [9.17, 15) is 4.79 Å². The summed E-state index contributed by atoms with van der Waals surface area (Å²) in [5.74, 6) is 0.805. The van der Waals surface area contributed by atoms with Crippen molar-refractivity contribution in [2.45, 2.75) is 46.1 Å². The molecule has 1 amide bonds. The number of benzene rings is 1. The molecule has 1 aromatic heterocycles. The smallest absolute Gasteiger partial charge is 0.267 e. The summed E-state index contributed by atoms with van der Waals surface area (Å²) in [7, 11) is 0. The fourth-order valence-corrected chi connectivity index (χ4v) is 3.70. The standard InChI is InChI=1S/C18H22N2O2S/c1-4-6-17-19-14(11-23-17)13-7-8-16-15(10-13)20(9-5-2)18(21)12(3)22-16/h7-8,10-12H,4-6,9H2,1-3H3. The molecule has 0 fully saturated rings. The number of ether oxygens (including phenoxy) is 1. The molecule has 1 unspecified atom stereocenters. The van der Waals surface area contributed by atoms with Crippen molar-refractivity contribution in [3.63, 3.8) is 0 Å². The van der Waals surface area contributed by atoms with Crippen LogP contribution in [0.25, 0.3) is 11.3 Å². The largest absolute Gasteiger partial charge is 0.479 e. The highest BCUT2D eigenvalue weighted by molar-refractivity contribution is 7.09. The van der Waals surface area contributed by atoms with Crippen molar-refractivity contribution in [3.05, 3.63) is 28.6 Å². The van der Waals surface area contributed by atoms with Crippen molar-refractivity contribution in [2.24, 2.45) is 0 Å². The number of nitrogens with zero attached hydrogens (tertiary/aromatic N) is 2. The zero-order valence-corrected chi connectivity index (χ0v) is 14.7. The Hall–Kier alpha value is -1.88. The molecule has 0 radical (unpaired) electrons. The zero-order chi connectivity index (χ0) is 16.4. The number of hydrogen-bond donors (Lipinski definition) is 0. The first-order valence-electron chi connectivity index (χ1n) is 8.20. The van der Waals surface area contributed by atoms with E-state index >= 15 is 0 Å². The summed E-state index contributed by atoms with van der Waals surface area (Å²) in [5.41, 5.74) is 2.87. The minimum absolute atomic E-state index is 0.0291. The van der Waals surface area contributed by atoms with Crippen molar-refractivity contribution in [3.8, 4) is 17.0 Å². The fraction of sp³-hybridized carbons (Fsp3) is 0.444. The van der Waals surface area contributed by atoms with Crippen LogP contribution in [-0.4, -0.2) is 23.5 Å². The summed E-state index contributed by atoms with van der Waals surface area (Å²) in [6.45, 7) is 6.75. The Bertz CT molecular complexity index is 711. The van der Waals surface area contributed by atoms with Crippen LogP contribution in [0.2, 0.25) is 0 Å². The molecule has 5 heteroatoms. The Kier molecular flexibility index (Phi) is 4.66. The highest BCUT2D eigenvalue weighted by Gasteiger charge is 2.31. The summed E-state index contributed by atoms with van der Waals surface area (Å²) >= 11 is 1.70. The van der Waals surface area contributed by atoms with Crippen LogP contribution in [0.3, 0.4) is 0 Å². The Labute approximate surface area is 141 Å². The number of amides is 1. The van der Waals surface area contributed by atoms with Gasteiger partial charge in [0, 0.05) is 17.5 Å². The van der Waals surface area contributed by atoms with Crippen molar-refractivity contribution in [2.75, 3.05) is 11.4 Å². The minimum atomic E-state index is -0.421. The van der Waals surface area contributed by atoms with E-state index in [1.165, 1.54) is 0 Å². The van der Waals surface area contributed by atoms with E-state index in [2.05, 4.69) is 19.2 Å². The van der Waals surface area contributed by atoms with Crippen LogP contribution in [0.5, 0.6) is 5.75 Å². The van der Waals surface area contributed by atoms with Gasteiger partial charge in [-0.2, -0.15) is 0 Å². The van der Waals surface area contributed by atoms with Gasteiger partial charge in [0.25, 0.3) is 5.91 Å². The van der Waals surface area contributed by atoms with Gasteiger partial charge in [-0.05, 0) is 44.4 Å². The average Bonchev–Trinajstić information content (AvgIpc) is 3.00. The molecule has 2 heterocycles. The summed E-state index contributed by atoms with van der Waals surface area (Å²) in [6, 6.07) is 6.00. The number of hydrogen-bond acceptors (Lipinski definition) is 4. The second-order valence-electron chi connectivity index (χ2n) is 5.81. The molecular weight excluding hydrogens is 308 g/mol. The van der Waals surface area contributed by atoms with Gasteiger partial charge in [0.05, 0.1) is 16.4 Å². The van der Waals surface area contributed by atoms with Crippen LogP contribution >= 0.6 is 11.3 Å². The average molecular weight is 330 g/mol.